The number of thioether (sulfide) groups is 1. The first kappa shape index (κ1) is 21.8. The van der Waals surface area contributed by atoms with Crippen molar-refractivity contribution < 1.29 is 18.7 Å². The largest absolute Gasteiger partial charge is 0.378 e. The molecule has 0 aliphatic carbocycles. The molecule has 4 rings (SSSR count). The van der Waals surface area contributed by atoms with E-state index in [0.717, 1.165) is 38.1 Å². The molecule has 1 N–H and O–H groups in total. The second kappa shape index (κ2) is 10.2. The molecule has 1 aromatic heterocycles. The highest BCUT2D eigenvalue weighted by atomic mass is 32.2. The number of benzene rings is 1. The highest BCUT2D eigenvalue weighted by Crippen LogP contribution is 2.26. The van der Waals surface area contributed by atoms with E-state index in [4.69, 9.17) is 4.74 Å². The fourth-order valence-electron chi connectivity index (χ4n) is 3.78. The summed E-state index contributed by atoms with van der Waals surface area (Å²) in [6.07, 6.45) is 4.19. The van der Waals surface area contributed by atoms with Crippen LogP contribution in [-0.4, -0.2) is 69.3 Å². The first-order chi connectivity index (χ1) is 15.1. The lowest BCUT2D eigenvalue weighted by Crippen LogP contribution is -2.41. The van der Waals surface area contributed by atoms with E-state index >= 15 is 0 Å². The second-order valence-corrected chi connectivity index (χ2v) is 8.62. The second-order valence-electron chi connectivity index (χ2n) is 7.63. The Balaban J connectivity index is 1.36. The Morgan fingerprint density at radius 1 is 1.10 bits per heavy atom. The smallest absolute Gasteiger partial charge is 0.234 e. The van der Waals surface area contributed by atoms with Gasteiger partial charge in [0.25, 0.3) is 0 Å². The van der Waals surface area contributed by atoms with Gasteiger partial charge in [-0.15, -0.1) is 22.0 Å². The number of carbonyl (C=O) groups excluding carboxylic acids is 2. The van der Waals surface area contributed by atoms with E-state index in [1.54, 1.807) is 17.0 Å². The molecule has 166 valence electrons. The molecule has 10 heteroatoms. The molecule has 3 heterocycles. The van der Waals surface area contributed by atoms with Crippen molar-refractivity contribution in [1.29, 1.82) is 0 Å². The van der Waals surface area contributed by atoms with E-state index in [-0.39, 0.29) is 29.0 Å². The van der Waals surface area contributed by atoms with E-state index in [1.807, 2.05) is 0 Å². The zero-order chi connectivity index (χ0) is 21.6. The first-order valence-corrected chi connectivity index (χ1v) is 11.7. The van der Waals surface area contributed by atoms with Crippen molar-refractivity contribution in [2.24, 2.45) is 0 Å². The van der Waals surface area contributed by atoms with Crippen molar-refractivity contribution in [2.75, 3.05) is 43.1 Å². The summed E-state index contributed by atoms with van der Waals surface area (Å²) in [4.78, 5) is 26.2. The fourth-order valence-corrected chi connectivity index (χ4v) is 4.50. The lowest BCUT2D eigenvalue weighted by molar-refractivity contribution is -0.132. The van der Waals surface area contributed by atoms with Crippen molar-refractivity contribution in [3.63, 3.8) is 0 Å². The summed E-state index contributed by atoms with van der Waals surface area (Å²) in [6, 6.07) is 4.58. The average Bonchev–Trinajstić information content (AvgIpc) is 3.03. The summed E-state index contributed by atoms with van der Waals surface area (Å²) >= 11 is 1.22. The molecule has 2 aromatic rings. The first-order valence-electron chi connectivity index (χ1n) is 10.6. The maximum Gasteiger partial charge on any atom is 0.234 e. The third kappa shape index (κ3) is 5.43. The molecular formula is C21H26FN5O3S. The molecule has 0 radical (unpaired) electrons. The molecule has 1 saturated heterocycles. The van der Waals surface area contributed by atoms with Crippen molar-refractivity contribution >= 4 is 29.3 Å². The number of nitrogens with one attached hydrogen (secondary N) is 1. The van der Waals surface area contributed by atoms with Gasteiger partial charge in [-0.1, -0.05) is 6.42 Å². The normalized spacial score (nSPS) is 16.5. The molecule has 0 saturated carbocycles. The highest BCUT2D eigenvalue weighted by molar-refractivity contribution is 8.00. The predicted molar refractivity (Wildman–Crippen MR) is 116 cm³/mol. The van der Waals surface area contributed by atoms with Gasteiger partial charge in [-0.3, -0.25) is 9.59 Å². The summed E-state index contributed by atoms with van der Waals surface area (Å²) in [5, 5.41) is 11.2. The number of aromatic nitrogens is 3. The maximum atomic E-state index is 14.3. The number of amides is 2. The fraction of sp³-hybridized carbons (Fsp3) is 0.524. The summed E-state index contributed by atoms with van der Waals surface area (Å²) in [5.41, 5.74) is 0.820. The van der Waals surface area contributed by atoms with Crippen LogP contribution in [0.1, 0.15) is 25.1 Å². The molecule has 0 unspecified atom stereocenters. The van der Waals surface area contributed by atoms with Crippen molar-refractivity contribution in [3.8, 4) is 11.4 Å². The zero-order valence-corrected chi connectivity index (χ0v) is 18.1. The monoisotopic (exact) mass is 447 g/mol. The Morgan fingerprint density at radius 3 is 2.77 bits per heavy atom. The van der Waals surface area contributed by atoms with Crippen LogP contribution >= 0.6 is 11.8 Å². The quantitative estimate of drug-likeness (QED) is 0.731. The summed E-state index contributed by atoms with van der Waals surface area (Å²) in [5.74, 6) is 1.04. The van der Waals surface area contributed by atoms with E-state index in [1.165, 1.54) is 17.8 Å². The molecule has 2 aliphatic heterocycles. The number of morpholine rings is 1. The summed E-state index contributed by atoms with van der Waals surface area (Å²) < 4.78 is 21.6. The number of hydrogen-bond acceptors (Lipinski definition) is 6. The van der Waals surface area contributed by atoms with Gasteiger partial charge >= 0.3 is 0 Å². The van der Waals surface area contributed by atoms with Crippen LogP contribution in [0.3, 0.4) is 0 Å². The average molecular weight is 448 g/mol. The van der Waals surface area contributed by atoms with E-state index in [2.05, 4.69) is 20.1 Å². The minimum absolute atomic E-state index is 0.0122. The SMILES string of the molecule is O=C(CSCC(=O)N1CCOCC1)Nc1cc(-c2nnc3n2CCCCC3)ccc1F. The molecule has 31 heavy (non-hydrogen) atoms. The van der Waals surface area contributed by atoms with Crippen LogP contribution in [0.4, 0.5) is 10.1 Å². The number of halogens is 1. The van der Waals surface area contributed by atoms with Gasteiger partial charge in [0.05, 0.1) is 30.4 Å². The van der Waals surface area contributed by atoms with E-state index in [0.29, 0.717) is 37.7 Å². The maximum absolute atomic E-state index is 14.3. The van der Waals surface area contributed by atoms with Crippen molar-refractivity contribution in [1.82, 2.24) is 19.7 Å². The van der Waals surface area contributed by atoms with Crippen LogP contribution in [0.25, 0.3) is 11.4 Å². The van der Waals surface area contributed by atoms with Gasteiger partial charge in [0.2, 0.25) is 11.8 Å². The van der Waals surface area contributed by atoms with Gasteiger partial charge in [0.1, 0.15) is 11.6 Å². The van der Waals surface area contributed by atoms with Gasteiger partial charge in [-0.25, -0.2) is 4.39 Å². The molecule has 0 atom stereocenters. The molecule has 2 amide bonds. The van der Waals surface area contributed by atoms with Gasteiger partial charge in [0.15, 0.2) is 5.82 Å². The number of anilines is 1. The minimum atomic E-state index is -0.512. The number of rotatable bonds is 6. The number of fused-ring (bicyclic) bond motifs is 1. The summed E-state index contributed by atoms with van der Waals surface area (Å²) in [6.45, 7) is 3.08. The topological polar surface area (TPSA) is 89.3 Å². The highest BCUT2D eigenvalue weighted by Gasteiger charge is 2.19. The van der Waals surface area contributed by atoms with Crippen LogP contribution in [0, 0.1) is 5.82 Å². The Morgan fingerprint density at radius 2 is 1.94 bits per heavy atom. The zero-order valence-electron chi connectivity index (χ0n) is 17.3. The molecule has 1 fully saturated rings. The van der Waals surface area contributed by atoms with Crippen LogP contribution < -0.4 is 5.32 Å². The third-order valence-corrected chi connectivity index (χ3v) is 6.35. The molecule has 0 bridgehead atoms. The van der Waals surface area contributed by atoms with Gasteiger partial charge in [0, 0.05) is 31.6 Å². The Bertz CT molecular complexity index is 945. The van der Waals surface area contributed by atoms with E-state index in [9.17, 15) is 14.0 Å². The predicted octanol–water partition coefficient (Wildman–Crippen LogP) is 2.34. The number of carbonyl (C=O) groups is 2. The third-order valence-electron chi connectivity index (χ3n) is 5.43. The molecular weight excluding hydrogens is 421 g/mol. The van der Waals surface area contributed by atoms with Crippen LogP contribution in [0.2, 0.25) is 0 Å². The lowest BCUT2D eigenvalue weighted by Gasteiger charge is -2.26. The molecule has 8 nitrogen and oxygen atoms in total. The van der Waals surface area contributed by atoms with Crippen LogP contribution in [0.5, 0.6) is 0 Å². The van der Waals surface area contributed by atoms with Gasteiger partial charge in [-0.2, -0.15) is 0 Å². The Kier molecular flexibility index (Phi) is 7.18. The molecule has 1 aromatic carbocycles. The van der Waals surface area contributed by atoms with E-state index < -0.39 is 5.82 Å². The molecule has 0 spiro atoms. The van der Waals surface area contributed by atoms with Gasteiger partial charge in [-0.05, 0) is 31.0 Å². The van der Waals surface area contributed by atoms with Gasteiger partial charge < -0.3 is 19.5 Å². The standard InChI is InChI=1S/C21H26FN5O3S/c22-16-6-5-15(21-25-24-18-4-2-1-3-7-27(18)21)12-17(16)23-19(28)13-31-14-20(29)26-8-10-30-11-9-26/h5-6,12H,1-4,7-11,13-14H2,(H,23,28). The van der Waals surface area contributed by atoms with Crippen LogP contribution in [-0.2, 0) is 27.3 Å². The lowest BCUT2D eigenvalue weighted by atomic mass is 10.1. The number of hydrogen-bond donors (Lipinski definition) is 1. The minimum Gasteiger partial charge on any atom is -0.378 e. The molecule has 2 aliphatic rings. The Hall–Kier alpha value is -2.46. The summed E-state index contributed by atoms with van der Waals surface area (Å²) in [7, 11) is 0. The van der Waals surface area contributed by atoms with Crippen LogP contribution in [0.15, 0.2) is 18.2 Å². The Labute approximate surface area is 184 Å². The number of nitrogens with zero attached hydrogens (tertiary/aromatic N) is 4. The number of aryl methyl sites for hydroxylation is 1. The van der Waals surface area contributed by atoms with Crippen molar-refractivity contribution in [3.05, 3.63) is 29.8 Å². The van der Waals surface area contributed by atoms with Crippen molar-refractivity contribution in [2.45, 2.75) is 32.2 Å². The number of ether oxygens (including phenoxy) is 1.